The lowest BCUT2D eigenvalue weighted by Gasteiger charge is -2.09. The molecule has 0 saturated carbocycles. The molecule has 132 valence electrons. The number of carboxylic acid groups (broad SMARTS) is 1. The van der Waals surface area contributed by atoms with Gasteiger partial charge in [-0.05, 0) is 17.7 Å². The average molecular weight is 348 g/mol. The summed E-state index contributed by atoms with van der Waals surface area (Å²) >= 11 is 0. The lowest BCUT2D eigenvalue weighted by molar-refractivity contribution is -0.140. The number of halogens is 3. The Labute approximate surface area is 134 Å². The molecule has 0 radical (unpaired) electrons. The Morgan fingerprint density at radius 2 is 1.79 bits per heavy atom. The highest BCUT2D eigenvalue weighted by Crippen LogP contribution is 2.13. The van der Waals surface area contributed by atoms with Crippen LogP contribution in [0.15, 0.2) is 24.3 Å². The number of hydrogen-bond acceptors (Lipinski definition) is 4. The van der Waals surface area contributed by atoms with Crippen molar-refractivity contribution in [3.63, 3.8) is 0 Å². The lowest BCUT2D eigenvalue weighted by Crippen LogP contribution is -2.37. The maximum atomic E-state index is 11.9. The minimum absolute atomic E-state index is 0.00958. The van der Waals surface area contributed by atoms with Crippen molar-refractivity contribution in [2.45, 2.75) is 19.1 Å². The molecule has 1 rings (SSSR count). The number of amides is 2. The monoisotopic (exact) mass is 348 g/mol. The second-order valence-corrected chi connectivity index (χ2v) is 4.68. The van der Waals surface area contributed by atoms with Crippen LogP contribution in [0.4, 0.5) is 13.2 Å². The number of alkyl halides is 3. The normalized spacial score (nSPS) is 10.8. The third-order valence-corrected chi connectivity index (χ3v) is 2.56. The predicted molar refractivity (Wildman–Crippen MR) is 75.1 cm³/mol. The van der Waals surface area contributed by atoms with Gasteiger partial charge < -0.3 is 20.5 Å². The number of carbonyl (C=O) groups excluding carboxylic acids is 2. The fraction of sp³-hybridized carbons (Fsp3) is 0.357. The van der Waals surface area contributed by atoms with Crippen LogP contribution in [0.25, 0.3) is 0 Å². The van der Waals surface area contributed by atoms with Crippen molar-refractivity contribution in [3.8, 4) is 5.75 Å². The van der Waals surface area contributed by atoms with Gasteiger partial charge in [0.05, 0.1) is 0 Å². The molecule has 3 N–H and O–H groups in total. The molecular weight excluding hydrogens is 333 g/mol. The first-order chi connectivity index (χ1) is 11.2. The van der Waals surface area contributed by atoms with E-state index in [1.54, 1.807) is 17.4 Å². The molecule has 0 unspecified atom stereocenters. The van der Waals surface area contributed by atoms with Gasteiger partial charge in [0.15, 0.2) is 6.61 Å². The van der Waals surface area contributed by atoms with E-state index in [9.17, 15) is 27.6 Å². The van der Waals surface area contributed by atoms with Gasteiger partial charge in [0, 0.05) is 6.54 Å². The second-order valence-electron chi connectivity index (χ2n) is 4.68. The van der Waals surface area contributed by atoms with E-state index in [2.05, 4.69) is 5.32 Å². The molecule has 0 aromatic heterocycles. The van der Waals surface area contributed by atoms with Crippen LogP contribution in [0.1, 0.15) is 12.0 Å². The van der Waals surface area contributed by atoms with Crippen LogP contribution in [0.2, 0.25) is 0 Å². The van der Waals surface area contributed by atoms with Crippen LogP contribution in [-0.2, 0) is 20.9 Å². The number of rotatable bonds is 8. The number of carbonyl (C=O) groups is 3. The minimum atomic E-state index is -4.54. The van der Waals surface area contributed by atoms with Gasteiger partial charge in [-0.2, -0.15) is 13.2 Å². The molecule has 0 saturated heterocycles. The third-order valence-electron chi connectivity index (χ3n) is 2.56. The van der Waals surface area contributed by atoms with E-state index in [0.717, 1.165) is 0 Å². The zero-order valence-electron chi connectivity index (χ0n) is 12.4. The summed E-state index contributed by atoms with van der Waals surface area (Å²) in [6.45, 7) is -2.01. The molecule has 0 heterocycles. The van der Waals surface area contributed by atoms with E-state index < -0.39 is 43.5 Å². The van der Waals surface area contributed by atoms with Gasteiger partial charge in [0.2, 0.25) is 11.8 Å². The Bertz CT molecular complexity index is 604. The van der Waals surface area contributed by atoms with E-state index in [4.69, 9.17) is 9.84 Å². The molecular formula is C14H15F3N2O5. The maximum absolute atomic E-state index is 11.9. The van der Waals surface area contributed by atoms with Gasteiger partial charge in [0.1, 0.15) is 18.7 Å². The van der Waals surface area contributed by atoms with Crippen LogP contribution in [0.5, 0.6) is 5.75 Å². The summed E-state index contributed by atoms with van der Waals surface area (Å²) in [6, 6.07) is 6.22. The van der Waals surface area contributed by atoms with Crippen LogP contribution >= 0.6 is 0 Å². The quantitative estimate of drug-likeness (QED) is 0.604. The highest BCUT2D eigenvalue weighted by atomic mass is 19.4. The van der Waals surface area contributed by atoms with Crippen molar-refractivity contribution >= 4 is 17.8 Å². The zero-order chi connectivity index (χ0) is 18.2. The summed E-state index contributed by atoms with van der Waals surface area (Å²) in [5.74, 6) is -2.64. The van der Waals surface area contributed by atoms with E-state index in [1.165, 1.54) is 12.1 Å². The fourth-order valence-electron chi connectivity index (χ4n) is 1.56. The molecule has 0 atom stereocenters. The largest absolute Gasteiger partial charge is 0.482 e. The molecule has 1 aromatic carbocycles. The summed E-state index contributed by atoms with van der Waals surface area (Å²) in [5, 5.41) is 12.5. The predicted octanol–water partition coefficient (Wildman–Crippen LogP) is 0.835. The Balaban J connectivity index is 2.40. The molecule has 10 heteroatoms. The van der Waals surface area contributed by atoms with Crippen molar-refractivity contribution in [2.24, 2.45) is 0 Å². The molecule has 0 bridgehead atoms. The molecule has 0 fully saturated rings. The molecule has 2 amide bonds. The van der Waals surface area contributed by atoms with Gasteiger partial charge in [-0.15, -0.1) is 0 Å². The van der Waals surface area contributed by atoms with E-state index in [-0.39, 0.29) is 12.3 Å². The zero-order valence-corrected chi connectivity index (χ0v) is 12.4. The second kappa shape index (κ2) is 8.75. The Hall–Kier alpha value is -2.78. The van der Waals surface area contributed by atoms with Gasteiger partial charge in [-0.3, -0.25) is 9.59 Å². The van der Waals surface area contributed by atoms with Gasteiger partial charge in [0.25, 0.3) is 0 Å². The fourth-order valence-corrected chi connectivity index (χ4v) is 1.56. The van der Waals surface area contributed by atoms with Gasteiger partial charge >= 0.3 is 12.1 Å². The van der Waals surface area contributed by atoms with Crippen LogP contribution in [-0.4, -0.2) is 42.2 Å². The summed E-state index contributed by atoms with van der Waals surface area (Å²) in [7, 11) is 0. The SMILES string of the molecule is O=C(O)COc1cccc(CNC(=O)CC(=O)NCC(F)(F)F)c1. The van der Waals surface area contributed by atoms with E-state index in [0.29, 0.717) is 5.56 Å². The number of nitrogens with one attached hydrogen (secondary N) is 2. The highest BCUT2D eigenvalue weighted by Gasteiger charge is 2.27. The Morgan fingerprint density at radius 1 is 1.12 bits per heavy atom. The molecule has 0 aliphatic carbocycles. The maximum Gasteiger partial charge on any atom is 0.405 e. The van der Waals surface area contributed by atoms with Crippen molar-refractivity contribution in [1.29, 1.82) is 0 Å². The summed E-state index contributed by atoms with van der Waals surface area (Å²) in [5.41, 5.74) is 0.571. The standard InChI is InChI=1S/C14H15F3N2O5/c15-14(16,17)8-19-12(21)5-11(20)18-6-9-2-1-3-10(4-9)24-7-13(22)23/h1-4H,5-8H2,(H,18,20)(H,19,21)(H,22,23). The number of benzene rings is 1. The topological polar surface area (TPSA) is 105 Å². The van der Waals surface area contributed by atoms with Crippen molar-refractivity contribution in [1.82, 2.24) is 10.6 Å². The number of ether oxygens (including phenoxy) is 1. The van der Waals surface area contributed by atoms with Crippen molar-refractivity contribution < 1.29 is 37.4 Å². The van der Waals surface area contributed by atoms with Crippen LogP contribution in [0, 0.1) is 0 Å². The summed E-state index contributed by atoms with van der Waals surface area (Å²) < 4.78 is 40.7. The average Bonchev–Trinajstić information content (AvgIpc) is 2.49. The van der Waals surface area contributed by atoms with Crippen LogP contribution < -0.4 is 15.4 Å². The minimum Gasteiger partial charge on any atom is -0.482 e. The van der Waals surface area contributed by atoms with E-state index >= 15 is 0 Å². The Morgan fingerprint density at radius 3 is 2.42 bits per heavy atom. The molecule has 0 aliphatic rings. The molecule has 0 spiro atoms. The molecule has 24 heavy (non-hydrogen) atoms. The first-order valence-electron chi connectivity index (χ1n) is 6.69. The smallest absolute Gasteiger partial charge is 0.405 e. The first kappa shape index (κ1) is 19.3. The summed E-state index contributed by atoms with van der Waals surface area (Å²) in [6.07, 6.45) is -5.27. The summed E-state index contributed by atoms with van der Waals surface area (Å²) in [4.78, 5) is 33.1. The van der Waals surface area contributed by atoms with Gasteiger partial charge in [-0.25, -0.2) is 4.79 Å². The Kier molecular flexibility index (Phi) is 7.02. The number of hydrogen-bond donors (Lipinski definition) is 3. The van der Waals surface area contributed by atoms with Crippen molar-refractivity contribution in [2.75, 3.05) is 13.2 Å². The van der Waals surface area contributed by atoms with E-state index in [1.807, 2.05) is 0 Å². The highest BCUT2D eigenvalue weighted by molar-refractivity contribution is 5.96. The van der Waals surface area contributed by atoms with Crippen molar-refractivity contribution in [3.05, 3.63) is 29.8 Å². The number of aliphatic carboxylic acids is 1. The number of carboxylic acids is 1. The third kappa shape index (κ3) is 8.61. The molecule has 1 aromatic rings. The first-order valence-corrected chi connectivity index (χ1v) is 6.69. The molecule has 0 aliphatic heterocycles. The lowest BCUT2D eigenvalue weighted by atomic mass is 10.2. The van der Waals surface area contributed by atoms with Gasteiger partial charge in [-0.1, -0.05) is 12.1 Å². The molecule has 7 nitrogen and oxygen atoms in total. The van der Waals surface area contributed by atoms with Crippen LogP contribution in [0.3, 0.4) is 0 Å².